The Morgan fingerprint density at radius 2 is 2.31 bits per heavy atom. The Balaban J connectivity index is 2.76. The average Bonchev–Trinajstić information content (AvgIpc) is 2.32. The van der Waals surface area contributed by atoms with Gasteiger partial charge in [0.05, 0.1) is 19.0 Å². The summed E-state index contributed by atoms with van der Waals surface area (Å²) in [6, 6.07) is 5.34. The quantitative estimate of drug-likeness (QED) is 0.809. The highest BCUT2D eigenvalue weighted by Crippen LogP contribution is 2.19. The van der Waals surface area contributed by atoms with E-state index < -0.39 is 0 Å². The van der Waals surface area contributed by atoms with Crippen LogP contribution in [0.5, 0.6) is 5.75 Å². The predicted molar refractivity (Wildman–Crippen MR) is 61.6 cm³/mol. The zero-order chi connectivity index (χ0) is 11.5. The van der Waals surface area contributed by atoms with Crippen molar-refractivity contribution in [3.05, 3.63) is 34.9 Å². The molecule has 0 aliphatic heterocycles. The molecular weight excluding hydrogens is 206 g/mol. The molecule has 5 heteroatoms. The molecule has 84 valence electrons. The van der Waals surface area contributed by atoms with Crippen molar-refractivity contribution in [2.45, 2.75) is 6.54 Å². The van der Waals surface area contributed by atoms with Crippen molar-refractivity contribution >= 4 is 10.9 Å². The van der Waals surface area contributed by atoms with Crippen LogP contribution in [0.4, 0.5) is 0 Å². The van der Waals surface area contributed by atoms with Crippen molar-refractivity contribution in [1.82, 2.24) is 9.55 Å². The number of nitrogens with two attached hydrogens (primary N) is 1. The fourth-order valence-electron chi connectivity index (χ4n) is 1.64. The van der Waals surface area contributed by atoms with Crippen LogP contribution in [0.1, 0.15) is 0 Å². The van der Waals surface area contributed by atoms with Crippen molar-refractivity contribution < 1.29 is 4.74 Å². The number of hydrogen-bond acceptors (Lipinski definition) is 4. The van der Waals surface area contributed by atoms with E-state index in [4.69, 9.17) is 10.5 Å². The smallest absolute Gasteiger partial charge is 0.265 e. The van der Waals surface area contributed by atoms with E-state index in [-0.39, 0.29) is 5.56 Å². The molecule has 1 aromatic heterocycles. The number of methoxy groups -OCH3 is 1. The summed E-state index contributed by atoms with van der Waals surface area (Å²) in [4.78, 5) is 16.3. The predicted octanol–water partition coefficient (Wildman–Crippen LogP) is 0.364. The van der Waals surface area contributed by atoms with E-state index in [0.29, 0.717) is 29.7 Å². The number of aromatic nitrogens is 2. The van der Waals surface area contributed by atoms with Crippen LogP contribution in [-0.2, 0) is 6.54 Å². The van der Waals surface area contributed by atoms with Crippen molar-refractivity contribution in [3.63, 3.8) is 0 Å². The number of fused-ring (bicyclic) bond motifs is 1. The molecular formula is C11H13N3O2. The molecule has 0 amide bonds. The second-order valence-electron chi connectivity index (χ2n) is 3.39. The second-order valence-corrected chi connectivity index (χ2v) is 3.39. The van der Waals surface area contributed by atoms with Crippen LogP contribution < -0.4 is 16.0 Å². The van der Waals surface area contributed by atoms with Gasteiger partial charge in [-0.05, 0) is 12.1 Å². The van der Waals surface area contributed by atoms with Crippen molar-refractivity contribution in [2.24, 2.45) is 5.73 Å². The molecule has 0 saturated heterocycles. The van der Waals surface area contributed by atoms with E-state index in [1.165, 1.54) is 18.0 Å². The third-order valence-electron chi connectivity index (χ3n) is 2.41. The molecule has 2 aromatic rings. The second kappa shape index (κ2) is 4.32. The molecule has 0 spiro atoms. The van der Waals surface area contributed by atoms with Gasteiger partial charge in [0.2, 0.25) is 0 Å². The van der Waals surface area contributed by atoms with Gasteiger partial charge in [-0.15, -0.1) is 0 Å². The minimum Gasteiger partial charge on any atom is -0.496 e. The number of nitrogens with zero attached hydrogens (tertiary/aromatic N) is 2. The third kappa shape index (κ3) is 1.65. The molecule has 0 aliphatic rings. The zero-order valence-corrected chi connectivity index (χ0v) is 9.01. The van der Waals surface area contributed by atoms with E-state index >= 15 is 0 Å². The van der Waals surface area contributed by atoms with Gasteiger partial charge < -0.3 is 10.5 Å². The maximum atomic E-state index is 12.1. The fourth-order valence-corrected chi connectivity index (χ4v) is 1.64. The van der Waals surface area contributed by atoms with E-state index in [9.17, 15) is 4.79 Å². The summed E-state index contributed by atoms with van der Waals surface area (Å²) in [6.45, 7) is 0.863. The highest BCUT2D eigenvalue weighted by atomic mass is 16.5. The number of hydrogen-bond donors (Lipinski definition) is 1. The maximum absolute atomic E-state index is 12.1. The van der Waals surface area contributed by atoms with E-state index in [1.807, 2.05) is 0 Å². The SMILES string of the molecule is COc1cccc2ncn(CCN)c(=O)c12. The van der Waals surface area contributed by atoms with Crippen LogP contribution in [0.25, 0.3) is 10.9 Å². The minimum atomic E-state index is -0.118. The van der Waals surface area contributed by atoms with Crippen LogP contribution in [0.2, 0.25) is 0 Å². The average molecular weight is 219 g/mol. The van der Waals surface area contributed by atoms with Gasteiger partial charge in [0.15, 0.2) is 0 Å². The first-order valence-electron chi connectivity index (χ1n) is 5.00. The number of rotatable bonds is 3. The summed E-state index contributed by atoms with van der Waals surface area (Å²) in [5.74, 6) is 0.543. The molecule has 1 aromatic carbocycles. The number of benzene rings is 1. The molecule has 0 saturated carbocycles. The topological polar surface area (TPSA) is 70.1 Å². The van der Waals surface area contributed by atoms with Crippen molar-refractivity contribution in [1.29, 1.82) is 0 Å². The molecule has 5 nitrogen and oxygen atoms in total. The lowest BCUT2D eigenvalue weighted by atomic mass is 10.2. The molecule has 0 aliphatic carbocycles. The molecule has 0 bridgehead atoms. The van der Waals surface area contributed by atoms with Crippen molar-refractivity contribution in [2.75, 3.05) is 13.7 Å². The fraction of sp³-hybridized carbons (Fsp3) is 0.273. The summed E-state index contributed by atoms with van der Waals surface area (Å²) < 4.78 is 6.65. The summed E-state index contributed by atoms with van der Waals surface area (Å²) >= 11 is 0. The summed E-state index contributed by atoms with van der Waals surface area (Å²) in [5.41, 5.74) is 5.94. The molecule has 0 atom stereocenters. The molecule has 2 rings (SSSR count). The van der Waals surface area contributed by atoms with Gasteiger partial charge in [-0.1, -0.05) is 6.07 Å². The Hall–Kier alpha value is -1.88. The third-order valence-corrected chi connectivity index (χ3v) is 2.41. The lowest BCUT2D eigenvalue weighted by Crippen LogP contribution is -2.24. The van der Waals surface area contributed by atoms with E-state index in [1.54, 1.807) is 18.2 Å². The summed E-state index contributed by atoms with van der Waals surface area (Å²) in [7, 11) is 1.54. The van der Waals surface area contributed by atoms with Gasteiger partial charge in [0.25, 0.3) is 5.56 Å². The van der Waals surface area contributed by atoms with Gasteiger partial charge in [0.1, 0.15) is 11.1 Å². The normalized spacial score (nSPS) is 10.6. The monoisotopic (exact) mass is 219 g/mol. The Bertz CT molecular complexity index is 563. The minimum absolute atomic E-state index is 0.118. The van der Waals surface area contributed by atoms with Gasteiger partial charge in [-0.3, -0.25) is 9.36 Å². The summed E-state index contributed by atoms with van der Waals surface area (Å²) in [6.07, 6.45) is 1.51. The standard InChI is InChI=1S/C11H13N3O2/c1-16-9-4-2-3-8-10(9)11(15)14(6-5-12)7-13-8/h2-4,7H,5-6,12H2,1H3. The molecule has 0 radical (unpaired) electrons. The largest absolute Gasteiger partial charge is 0.496 e. The highest BCUT2D eigenvalue weighted by molar-refractivity contribution is 5.83. The first-order valence-corrected chi connectivity index (χ1v) is 5.00. The number of ether oxygens (including phenoxy) is 1. The Morgan fingerprint density at radius 3 is 3.00 bits per heavy atom. The van der Waals surface area contributed by atoms with Crippen LogP contribution >= 0.6 is 0 Å². The van der Waals surface area contributed by atoms with Crippen LogP contribution in [0, 0.1) is 0 Å². The molecule has 16 heavy (non-hydrogen) atoms. The highest BCUT2D eigenvalue weighted by Gasteiger charge is 2.08. The molecule has 0 fully saturated rings. The van der Waals surface area contributed by atoms with E-state index in [0.717, 1.165) is 0 Å². The van der Waals surface area contributed by atoms with Crippen LogP contribution in [0.15, 0.2) is 29.3 Å². The Kier molecular flexibility index (Phi) is 2.87. The van der Waals surface area contributed by atoms with Gasteiger partial charge in [-0.2, -0.15) is 0 Å². The van der Waals surface area contributed by atoms with Crippen molar-refractivity contribution in [3.8, 4) is 5.75 Å². The lowest BCUT2D eigenvalue weighted by Gasteiger charge is -2.07. The molecule has 2 N–H and O–H groups in total. The van der Waals surface area contributed by atoms with Gasteiger partial charge in [-0.25, -0.2) is 4.98 Å². The summed E-state index contributed by atoms with van der Waals surface area (Å²) in [5, 5.41) is 0.501. The van der Waals surface area contributed by atoms with Crippen LogP contribution in [0.3, 0.4) is 0 Å². The Labute approximate surface area is 92.5 Å². The molecule has 0 unspecified atom stereocenters. The lowest BCUT2D eigenvalue weighted by molar-refractivity contribution is 0.419. The zero-order valence-electron chi connectivity index (χ0n) is 9.01. The van der Waals surface area contributed by atoms with Crippen LogP contribution in [-0.4, -0.2) is 23.2 Å². The first kappa shape index (κ1) is 10.6. The van der Waals surface area contributed by atoms with Gasteiger partial charge >= 0.3 is 0 Å². The first-order chi connectivity index (χ1) is 7.77. The van der Waals surface area contributed by atoms with E-state index in [2.05, 4.69) is 4.98 Å². The maximum Gasteiger partial charge on any atom is 0.265 e. The van der Waals surface area contributed by atoms with Gasteiger partial charge in [0, 0.05) is 13.1 Å². The Morgan fingerprint density at radius 1 is 1.50 bits per heavy atom. The molecule has 1 heterocycles.